The smallest absolute Gasteiger partial charge is 0.229 e. The van der Waals surface area contributed by atoms with Gasteiger partial charge in [0.2, 0.25) is 16.0 Å². The van der Waals surface area contributed by atoms with E-state index in [2.05, 4.69) is 63.0 Å². The fraction of sp³-hybridized carbons (Fsp3) is 0.484. The van der Waals surface area contributed by atoms with Crippen molar-refractivity contribution in [3.8, 4) is 11.5 Å². The minimum atomic E-state index is -3.54. The molecular formula is C31H40BrClN8O4S. The Morgan fingerprint density at radius 2 is 1.83 bits per heavy atom. The van der Waals surface area contributed by atoms with Crippen molar-refractivity contribution in [3.05, 3.63) is 45.5 Å². The maximum atomic E-state index is 12.1. The Labute approximate surface area is 284 Å². The topological polar surface area (TPSA) is 124 Å². The highest BCUT2D eigenvalue weighted by molar-refractivity contribution is 9.10. The second-order valence-electron chi connectivity index (χ2n) is 12.0. The highest BCUT2D eigenvalue weighted by atomic mass is 79.9. The molecule has 6 rings (SSSR count). The fourth-order valence-electron chi connectivity index (χ4n) is 6.33. The van der Waals surface area contributed by atoms with Crippen molar-refractivity contribution < 1.29 is 17.9 Å². The standard InChI is InChI=1S/C31H40BrClN8O4S/c1-39-8-4-9-40(13-12-39)21-5-10-41(11-6-21)27-18-29(44-2)26(16-22(27)32)36-31-34-19-23(33)30(37-31)35-24-17-28-20(7-14-45-28)15-25(24)38-46(3,42)43/h15-19,21,38H,4-14H2,1-3H3,(H2,34,35,36,37). The average Bonchev–Trinajstić information content (AvgIpc) is 3.36. The predicted molar refractivity (Wildman–Crippen MR) is 187 cm³/mol. The molecule has 0 radical (unpaired) electrons. The Hall–Kier alpha value is -3.04. The van der Waals surface area contributed by atoms with Crippen molar-refractivity contribution in [1.82, 2.24) is 19.8 Å². The lowest BCUT2D eigenvalue weighted by atomic mass is 10.0. The average molecular weight is 736 g/mol. The van der Waals surface area contributed by atoms with Crippen molar-refractivity contribution in [2.24, 2.45) is 0 Å². The van der Waals surface area contributed by atoms with Gasteiger partial charge in [0.15, 0.2) is 5.82 Å². The molecule has 12 nitrogen and oxygen atoms in total. The summed E-state index contributed by atoms with van der Waals surface area (Å²) in [4.78, 5) is 16.5. The van der Waals surface area contributed by atoms with E-state index < -0.39 is 10.0 Å². The second kappa shape index (κ2) is 14.0. The van der Waals surface area contributed by atoms with Gasteiger partial charge in [-0.05, 0) is 73.0 Å². The van der Waals surface area contributed by atoms with Gasteiger partial charge in [0.25, 0.3) is 0 Å². The molecule has 0 saturated carbocycles. The third kappa shape index (κ3) is 7.73. The molecule has 3 N–H and O–H groups in total. The number of fused-ring (bicyclic) bond motifs is 1. The number of ether oxygens (including phenoxy) is 2. The second-order valence-corrected chi connectivity index (χ2v) is 15.0. The molecule has 3 aromatic rings. The van der Waals surface area contributed by atoms with Crippen LogP contribution in [0.3, 0.4) is 0 Å². The first-order valence-corrected chi connectivity index (χ1v) is 18.5. The molecule has 4 heterocycles. The third-order valence-electron chi connectivity index (χ3n) is 8.71. The predicted octanol–water partition coefficient (Wildman–Crippen LogP) is 5.30. The van der Waals surface area contributed by atoms with Crippen molar-refractivity contribution in [2.45, 2.75) is 31.7 Å². The largest absolute Gasteiger partial charge is 0.494 e. The quantitative estimate of drug-likeness (QED) is 0.265. The van der Waals surface area contributed by atoms with Crippen LogP contribution in [-0.4, -0.2) is 101 Å². The van der Waals surface area contributed by atoms with Crippen LogP contribution in [0.5, 0.6) is 11.5 Å². The molecule has 2 fully saturated rings. The van der Waals surface area contributed by atoms with Crippen LogP contribution in [0.15, 0.2) is 34.9 Å². The first kappa shape index (κ1) is 32.9. The van der Waals surface area contributed by atoms with Gasteiger partial charge in [0.05, 0.1) is 48.9 Å². The molecule has 0 amide bonds. The number of piperidine rings is 1. The van der Waals surface area contributed by atoms with Gasteiger partial charge in [-0.15, -0.1) is 0 Å². The molecule has 248 valence electrons. The van der Waals surface area contributed by atoms with Crippen LogP contribution < -0.4 is 29.7 Å². The zero-order chi connectivity index (χ0) is 32.4. The van der Waals surface area contributed by atoms with Crippen molar-refractivity contribution in [3.63, 3.8) is 0 Å². The molecule has 15 heteroatoms. The number of nitrogens with one attached hydrogen (secondary N) is 3. The lowest BCUT2D eigenvalue weighted by molar-refractivity contribution is 0.174. The minimum Gasteiger partial charge on any atom is -0.494 e. The van der Waals surface area contributed by atoms with Crippen molar-refractivity contribution in [2.75, 3.05) is 86.5 Å². The number of halogens is 2. The van der Waals surface area contributed by atoms with Crippen LogP contribution in [0.4, 0.5) is 34.5 Å². The number of benzene rings is 2. The zero-order valence-electron chi connectivity index (χ0n) is 26.3. The van der Waals surface area contributed by atoms with Gasteiger partial charge < -0.3 is 29.9 Å². The third-order valence-corrected chi connectivity index (χ3v) is 10.2. The van der Waals surface area contributed by atoms with Crippen LogP contribution in [-0.2, 0) is 16.4 Å². The van der Waals surface area contributed by atoms with E-state index in [4.69, 9.17) is 21.1 Å². The van der Waals surface area contributed by atoms with Crippen LogP contribution in [0.1, 0.15) is 24.8 Å². The summed E-state index contributed by atoms with van der Waals surface area (Å²) in [6, 6.07) is 8.14. The summed E-state index contributed by atoms with van der Waals surface area (Å²) >= 11 is 10.3. The number of hydrogen-bond acceptors (Lipinski definition) is 11. The number of rotatable bonds is 9. The molecule has 2 aromatic carbocycles. The van der Waals surface area contributed by atoms with Gasteiger partial charge in [-0.25, -0.2) is 13.4 Å². The van der Waals surface area contributed by atoms with Crippen LogP contribution in [0, 0.1) is 0 Å². The Morgan fingerprint density at radius 1 is 1.02 bits per heavy atom. The first-order valence-electron chi connectivity index (χ1n) is 15.5. The summed E-state index contributed by atoms with van der Waals surface area (Å²) < 4.78 is 39.2. The van der Waals surface area contributed by atoms with Gasteiger partial charge in [0.1, 0.15) is 16.5 Å². The summed E-state index contributed by atoms with van der Waals surface area (Å²) in [6.45, 7) is 7.12. The van der Waals surface area contributed by atoms with Crippen molar-refractivity contribution in [1.29, 1.82) is 0 Å². The summed E-state index contributed by atoms with van der Waals surface area (Å²) in [6.07, 6.45) is 6.77. The Kier molecular flexibility index (Phi) is 9.99. The van der Waals surface area contributed by atoms with E-state index >= 15 is 0 Å². The molecule has 2 saturated heterocycles. The Balaban J connectivity index is 1.18. The fourth-order valence-corrected chi connectivity index (χ4v) is 7.63. The van der Waals surface area contributed by atoms with Crippen LogP contribution in [0.2, 0.25) is 5.02 Å². The number of sulfonamides is 1. The van der Waals surface area contributed by atoms with Gasteiger partial charge in [-0.2, -0.15) is 4.98 Å². The maximum Gasteiger partial charge on any atom is 0.229 e. The number of hydrogen-bond donors (Lipinski definition) is 3. The lowest BCUT2D eigenvalue weighted by Crippen LogP contribution is -2.46. The first-order chi connectivity index (χ1) is 22.1. The SMILES string of the molecule is COc1cc(N2CCC(N3CCCN(C)CC3)CC2)c(Br)cc1Nc1ncc(Cl)c(Nc2cc3c(cc2NS(C)(=O)=O)CCO3)n1. The number of nitrogens with zero attached hydrogens (tertiary/aromatic N) is 5. The van der Waals surface area contributed by atoms with Gasteiger partial charge in [-0.3, -0.25) is 9.62 Å². The molecule has 3 aliphatic heterocycles. The van der Waals surface area contributed by atoms with E-state index in [1.165, 1.54) is 25.7 Å². The van der Waals surface area contributed by atoms with Crippen molar-refractivity contribution >= 4 is 72.1 Å². The summed E-state index contributed by atoms with van der Waals surface area (Å²) in [5, 5.41) is 6.68. The Morgan fingerprint density at radius 3 is 2.59 bits per heavy atom. The monoisotopic (exact) mass is 734 g/mol. The molecule has 1 aromatic heterocycles. The summed E-state index contributed by atoms with van der Waals surface area (Å²) in [5.41, 5.74) is 3.51. The van der Waals surface area contributed by atoms with E-state index in [0.29, 0.717) is 53.4 Å². The van der Waals surface area contributed by atoms with E-state index in [9.17, 15) is 8.42 Å². The lowest BCUT2D eigenvalue weighted by Gasteiger charge is -2.39. The van der Waals surface area contributed by atoms with Crippen LogP contribution in [0.25, 0.3) is 0 Å². The number of aromatic nitrogens is 2. The Bertz CT molecular complexity index is 1690. The normalized spacial score (nSPS) is 18.1. The number of anilines is 6. The van der Waals surface area contributed by atoms with Crippen LogP contribution >= 0.6 is 27.5 Å². The molecule has 0 unspecified atom stereocenters. The maximum absolute atomic E-state index is 12.1. The van der Waals surface area contributed by atoms with Gasteiger partial charge >= 0.3 is 0 Å². The minimum absolute atomic E-state index is 0.261. The number of methoxy groups -OCH3 is 1. The van der Waals surface area contributed by atoms with E-state index in [1.807, 2.05) is 12.1 Å². The molecule has 46 heavy (non-hydrogen) atoms. The zero-order valence-corrected chi connectivity index (χ0v) is 29.4. The van der Waals surface area contributed by atoms with Gasteiger partial charge in [-0.1, -0.05) is 11.6 Å². The summed E-state index contributed by atoms with van der Waals surface area (Å²) in [5.74, 6) is 1.91. The molecule has 0 spiro atoms. The molecule has 0 bridgehead atoms. The van der Waals surface area contributed by atoms with E-state index in [0.717, 1.165) is 61.0 Å². The summed E-state index contributed by atoms with van der Waals surface area (Å²) in [7, 11) is 0.319. The molecule has 0 atom stereocenters. The molecule has 3 aliphatic rings. The highest BCUT2D eigenvalue weighted by Gasteiger charge is 2.27. The number of likely N-dealkylation sites (N-methyl/N-ethyl adjacent to an activating group) is 1. The molecule has 0 aliphatic carbocycles. The van der Waals surface area contributed by atoms with Gasteiger partial charge in [0, 0.05) is 55.2 Å². The van der Waals surface area contributed by atoms with E-state index in [1.54, 1.807) is 19.2 Å². The van der Waals surface area contributed by atoms with E-state index in [-0.39, 0.29) is 11.0 Å². The molecular weight excluding hydrogens is 696 g/mol. The highest BCUT2D eigenvalue weighted by Crippen LogP contribution is 2.40.